The van der Waals surface area contributed by atoms with Crippen molar-refractivity contribution in [1.82, 2.24) is 0 Å². The Kier molecular flexibility index (Phi) is 8.41. The van der Waals surface area contributed by atoms with E-state index < -0.39 is 22.7 Å². The van der Waals surface area contributed by atoms with Gasteiger partial charge in [-0.15, -0.1) is 0 Å². The van der Waals surface area contributed by atoms with Crippen LogP contribution in [0.5, 0.6) is 11.5 Å². The molecule has 0 saturated heterocycles. The van der Waals surface area contributed by atoms with Crippen molar-refractivity contribution in [3.8, 4) is 11.5 Å². The first kappa shape index (κ1) is 24.3. The van der Waals surface area contributed by atoms with Crippen molar-refractivity contribution in [1.29, 1.82) is 0 Å². The number of aryl methyl sites for hydroxylation is 1. The molecule has 0 spiro atoms. The summed E-state index contributed by atoms with van der Waals surface area (Å²) in [6, 6.07) is 14.9. The molecule has 3 N–H and O–H groups in total. The minimum atomic E-state index is -4.98. The summed E-state index contributed by atoms with van der Waals surface area (Å²) in [6.45, 7) is 4.05. The quantitative estimate of drug-likeness (QED) is 0.270. The highest BCUT2D eigenvalue weighted by Gasteiger charge is 2.39. The van der Waals surface area contributed by atoms with Gasteiger partial charge in [-0.1, -0.05) is 48.0 Å². The fourth-order valence-electron chi connectivity index (χ4n) is 2.97. The van der Waals surface area contributed by atoms with Crippen LogP contribution in [0, 0.1) is 0 Å². The molecule has 0 saturated carbocycles. The van der Waals surface area contributed by atoms with Crippen LogP contribution in [0.25, 0.3) is 0 Å². The standard InChI is InChI=1S/C21H27O7PS/c1-16(2)14-15-18-9-4-6-12-20(18)28-19-11-5-3-8-17(19)10-7-13-21(29(22,23)24)30(25,26)27/h3-6,8-9,11-12,14,21H,7,10,13,15H2,1-2H3,(H2,22,23,24)(H,25,26,27). The van der Waals surface area contributed by atoms with Crippen LogP contribution < -0.4 is 4.74 Å². The van der Waals surface area contributed by atoms with Gasteiger partial charge in [0, 0.05) is 0 Å². The van der Waals surface area contributed by atoms with Crippen LogP contribution in [0.4, 0.5) is 0 Å². The van der Waals surface area contributed by atoms with Crippen molar-refractivity contribution in [2.24, 2.45) is 0 Å². The summed E-state index contributed by atoms with van der Waals surface area (Å²) >= 11 is 0. The van der Waals surface area contributed by atoms with E-state index in [1.807, 2.05) is 50.2 Å². The first-order chi connectivity index (χ1) is 14.0. The Labute approximate surface area is 177 Å². The van der Waals surface area contributed by atoms with Crippen molar-refractivity contribution in [3.63, 3.8) is 0 Å². The Hall–Kier alpha value is -1.96. The molecular weight excluding hydrogens is 427 g/mol. The number of allylic oxidation sites excluding steroid dienone is 2. The molecule has 164 valence electrons. The molecule has 9 heteroatoms. The third-order valence-corrected chi connectivity index (χ3v) is 8.07. The first-order valence-electron chi connectivity index (χ1n) is 9.47. The Morgan fingerprint density at radius 1 is 1.03 bits per heavy atom. The van der Waals surface area contributed by atoms with Gasteiger partial charge in [-0.2, -0.15) is 8.42 Å². The second kappa shape index (κ2) is 10.4. The molecule has 1 atom stereocenters. The van der Waals surface area contributed by atoms with E-state index in [2.05, 4.69) is 6.08 Å². The second-order valence-corrected chi connectivity index (χ2v) is 11.0. The number of benzene rings is 2. The van der Waals surface area contributed by atoms with E-state index in [1.54, 1.807) is 12.1 Å². The maximum atomic E-state index is 11.4. The highest BCUT2D eigenvalue weighted by molar-refractivity contribution is 7.93. The van der Waals surface area contributed by atoms with Crippen molar-refractivity contribution in [2.45, 2.75) is 44.5 Å². The molecular formula is C21H27O7PS. The molecule has 2 rings (SSSR count). The van der Waals surface area contributed by atoms with E-state index in [-0.39, 0.29) is 12.8 Å². The molecule has 2 aromatic rings. The topological polar surface area (TPSA) is 121 Å². The van der Waals surface area contributed by atoms with E-state index in [0.29, 0.717) is 17.9 Å². The minimum Gasteiger partial charge on any atom is -0.457 e. The van der Waals surface area contributed by atoms with Gasteiger partial charge in [-0.25, -0.2) is 0 Å². The number of ether oxygens (including phenoxy) is 1. The van der Waals surface area contributed by atoms with E-state index in [1.165, 1.54) is 5.57 Å². The smallest absolute Gasteiger partial charge is 0.346 e. The number of para-hydroxylation sites is 2. The van der Waals surface area contributed by atoms with Gasteiger partial charge in [0.2, 0.25) is 0 Å². The van der Waals surface area contributed by atoms with Gasteiger partial charge in [0.15, 0.2) is 4.99 Å². The predicted molar refractivity (Wildman–Crippen MR) is 116 cm³/mol. The average Bonchev–Trinajstić information content (AvgIpc) is 2.63. The Bertz CT molecular complexity index is 1040. The van der Waals surface area contributed by atoms with Crippen molar-refractivity contribution in [3.05, 3.63) is 71.3 Å². The first-order valence-corrected chi connectivity index (χ1v) is 12.7. The van der Waals surface area contributed by atoms with Gasteiger partial charge in [0.25, 0.3) is 10.1 Å². The van der Waals surface area contributed by atoms with E-state index in [0.717, 1.165) is 17.5 Å². The van der Waals surface area contributed by atoms with E-state index >= 15 is 0 Å². The molecule has 0 aromatic heterocycles. The normalized spacial score (nSPS) is 13.0. The average molecular weight is 454 g/mol. The van der Waals surface area contributed by atoms with Crippen LogP contribution >= 0.6 is 7.60 Å². The Morgan fingerprint density at radius 3 is 2.10 bits per heavy atom. The zero-order valence-electron chi connectivity index (χ0n) is 16.9. The molecule has 0 radical (unpaired) electrons. The summed E-state index contributed by atoms with van der Waals surface area (Å²) in [4.78, 5) is 16.3. The maximum absolute atomic E-state index is 11.4. The van der Waals surface area contributed by atoms with Gasteiger partial charge in [0.1, 0.15) is 11.5 Å². The summed E-state index contributed by atoms with van der Waals surface area (Å²) in [5, 5.41) is 0. The van der Waals surface area contributed by atoms with Crippen LogP contribution in [0.2, 0.25) is 0 Å². The zero-order chi connectivity index (χ0) is 22.4. The molecule has 0 aliphatic rings. The predicted octanol–water partition coefficient (Wildman–Crippen LogP) is 4.70. The summed E-state index contributed by atoms with van der Waals surface area (Å²) < 4.78 is 49.3. The largest absolute Gasteiger partial charge is 0.457 e. The highest BCUT2D eigenvalue weighted by atomic mass is 32.2. The lowest BCUT2D eigenvalue weighted by Crippen LogP contribution is -2.20. The molecule has 0 heterocycles. The van der Waals surface area contributed by atoms with Crippen molar-refractivity contribution in [2.75, 3.05) is 0 Å². The van der Waals surface area contributed by atoms with Crippen molar-refractivity contribution < 1.29 is 32.1 Å². The SMILES string of the molecule is CC(C)=CCc1ccccc1Oc1ccccc1CCCC(P(=O)(O)O)S(=O)(=O)O. The number of hydrogen-bond acceptors (Lipinski definition) is 4. The van der Waals surface area contributed by atoms with Crippen LogP contribution in [-0.4, -0.2) is 27.7 Å². The highest BCUT2D eigenvalue weighted by Crippen LogP contribution is 2.46. The molecule has 0 fully saturated rings. The van der Waals surface area contributed by atoms with E-state index in [4.69, 9.17) is 9.29 Å². The summed E-state index contributed by atoms with van der Waals surface area (Å²) in [6.07, 6.45) is 2.94. The second-order valence-electron chi connectivity index (χ2n) is 7.25. The van der Waals surface area contributed by atoms with E-state index in [9.17, 15) is 22.8 Å². The van der Waals surface area contributed by atoms with Gasteiger partial charge in [-0.05, 0) is 62.8 Å². The summed E-state index contributed by atoms with van der Waals surface area (Å²) in [5.74, 6) is 1.29. The van der Waals surface area contributed by atoms with Gasteiger partial charge < -0.3 is 14.5 Å². The number of rotatable bonds is 10. The maximum Gasteiger partial charge on any atom is 0.346 e. The molecule has 0 aliphatic heterocycles. The molecule has 30 heavy (non-hydrogen) atoms. The summed E-state index contributed by atoms with van der Waals surface area (Å²) in [5.41, 5.74) is 2.99. The zero-order valence-corrected chi connectivity index (χ0v) is 18.6. The van der Waals surface area contributed by atoms with Crippen molar-refractivity contribution >= 4 is 17.7 Å². The third-order valence-electron chi connectivity index (χ3n) is 4.51. The summed E-state index contributed by atoms with van der Waals surface area (Å²) in [7, 11) is -9.84. The van der Waals surface area contributed by atoms with Crippen LogP contribution in [-0.2, 0) is 27.5 Å². The lowest BCUT2D eigenvalue weighted by molar-refractivity contribution is 0.360. The van der Waals surface area contributed by atoms with Gasteiger partial charge >= 0.3 is 7.60 Å². The molecule has 7 nitrogen and oxygen atoms in total. The number of hydrogen-bond donors (Lipinski definition) is 3. The monoisotopic (exact) mass is 454 g/mol. The molecule has 0 bridgehead atoms. The van der Waals surface area contributed by atoms with Gasteiger partial charge in [0.05, 0.1) is 0 Å². The molecule has 2 aromatic carbocycles. The fraction of sp³-hybridized carbons (Fsp3) is 0.333. The minimum absolute atomic E-state index is 0.148. The van der Waals surface area contributed by atoms with Crippen LogP contribution in [0.15, 0.2) is 60.2 Å². The molecule has 0 aliphatic carbocycles. The fourth-order valence-corrected chi connectivity index (χ4v) is 5.34. The van der Waals surface area contributed by atoms with Gasteiger partial charge in [-0.3, -0.25) is 9.12 Å². The lowest BCUT2D eigenvalue weighted by atomic mass is 10.1. The third kappa shape index (κ3) is 7.38. The van der Waals surface area contributed by atoms with Crippen LogP contribution in [0.1, 0.15) is 37.8 Å². The molecule has 1 unspecified atom stereocenters. The Balaban J connectivity index is 2.16. The lowest BCUT2D eigenvalue weighted by Gasteiger charge is -2.16. The molecule has 0 amide bonds. The van der Waals surface area contributed by atoms with Crippen LogP contribution in [0.3, 0.4) is 0 Å². The Morgan fingerprint density at radius 2 is 1.57 bits per heavy atom.